The molecular weight excluding hydrogens is 336 g/mol. The number of hydrogen-bond donors (Lipinski definition) is 0. The summed E-state index contributed by atoms with van der Waals surface area (Å²) in [5.41, 5.74) is -0.630. The number of ether oxygens (including phenoxy) is 3. The summed E-state index contributed by atoms with van der Waals surface area (Å²) in [6.07, 6.45) is 1.61. The summed E-state index contributed by atoms with van der Waals surface area (Å²) in [4.78, 5) is 36.6. The van der Waals surface area contributed by atoms with Gasteiger partial charge in [0.1, 0.15) is 12.2 Å². The zero-order valence-corrected chi connectivity index (χ0v) is 16.3. The monoisotopic (exact) mass is 366 g/mol. The number of esters is 3. The van der Waals surface area contributed by atoms with Gasteiger partial charge in [-0.15, -0.1) is 0 Å². The third-order valence-corrected chi connectivity index (χ3v) is 6.58. The lowest BCUT2D eigenvalue weighted by Gasteiger charge is -2.32. The Balaban J connectivity index is 1.53. The second-order valence-electron chi connectivity index (χ2n) is 9.10. The topological polar surface area (TPSA) is 78.9 Å². The smallest absolute Gasteiger partial charge is 0.344 e. The Labute approximate surface area is 154 Å². The van der Waals surface area contributed by atoms with Gasteiger partial charge in [0.2, 0.25) is 0 Å². The molecule has 2 aliphatic carbocycles. The number of rotatable bonds is 7. The first-order valence-corrected chi connectivity index (χ1v) is 9.70. The third kappa shape index (κ3) is 3.23. The van der Waals surface area contributed by atoms with Crippen molar-refractivity contribution in [3.63, 3.8) is 0 Å². The summed E-state index contributed by atoms with van der Waals surface area (Å²) in [6, 6.07) is 0. The predicted molar refractivity (Wildman–Crippen MR) is 92.8 cm³/mol. The fraction of sp³-hybridized carbons (Fsp3) is 0.850. The summed E-state index contributed by atoms with van der Waals surface area (Å²) in [5.74, 6) is -0.278. The molecule has 0 spiro atoms. The van der Waals surface area contributed by atoms with Crippen molar-refractivity contribution in [3.05, 3.63) is 0 Å². The Morgan fingerprint density at radius 1 is 1.23 bits per heavy atom. The normalized spacial score (nSPS) is 34.1. The van der Waals surface area contributed by atoms with Gasteiger partial charge in [0.15, 0.2) is 6.61 Å². The highest BCUT2D eigenvalue weighted by Crippen LogP contribution is 2.55. The van der Waals surface area contributed by atoms with Gasteiger partial charge in [0.05, 0.1) is 11.3 Å². The maximum absolute atomic E-state index is 12.6. The van der Waals surface area contributed by atoms with E-state index in [1.54, 1.807) is 0 Å². The molecule has 3 rings (SSSR count). The highest BCUT2D eigenvalue weighted by atomic mass is 16.6. The summed E-state index contributed by atoms with van der Waals surface area (Å²) < 4.78 is 16.2. The van der Waals surface area contributed by atoms with E-state index in [1.807, 2.05) is 20.8 Å². The number of carbonyl (C=O) groups is 3. The molecule has 2 saturated carbocycles. The molecule has 1 aliphatic heterocycles. The van der Waals surface area contributed by atoms with Gasteiger partial charge >= 0.3 is 17.9 Å². The molecule has 0 N–H and O–H groups in total. The van der Waals surface area contributed by atoms with Crippen LogP contribution in [0.4, 0.5) is 0 Å². The maximum Gasteiger partial charge on any atom is 0.344 e. The molecule has 1 saturated heterocycles. The SMILES string of the molecule is CC(C)CC(C)(C(=O)OCC(=O)OC1C2CC3C(=O)OC1C3C2)C(C)C. The zero-order chi connectivity index (χ0) is 19.2. The standard InChI is InChI=1S/C20H30O6/c1-10(2)8-20(5,11(3)4)19(23)24-9-15(21)25-16-12-6-13-14(7-12)18(22)26-17(13)16/h10-14,16-17H,6-9H2,1-5H3. The molecule has 0 aromatic rings. The van der Waals surface area contributed by atoms with Crippen LogP contribution in [-0.2, 0) is 28.6 Å². The molecule has 26 heavy (non-hydrogen) atoms. The van der Waals surface area contributed by atoms with Crippen molar-refractivity contribution in [1.29, 1.82) is 0 Å². The Bertz CT molecular complexity index is 597. The fourth-order valence-electron chi connectivity index (χ4n) is 4.94. The fourth-order valence-corrected chi connectivity index (χ4v) is 4.94. The molecule has 0 amide bonds. The van der Waals surface area contributed by atoms with Crippen LogP contribution in [0, 0.1) is 35.0 Å². The maximum atomic E-state index is 12.6. The summed E-state index contributed by atoms with van der Waals surface area (Å²) >= 11 is 0. The van der Waals surface area contributed by atoms with Gasteiger partial charge in [-0.1, -0.05) is 27.7 Å². The largest absolute Gasteiger partial charge is 0.458 e. The van der Waals surface area contributed by atoms with E-state index in [1.165, 1.54) is 0 Å². The van der Waals surface area contributed by atoms with Crippen molar-refractivity contribution in [1.82, 2.24) is 0 Å². The van der Waals surface area contributed by atoms with E-state index in [4.69, 9.17) is 14.2 Å². The first-order chi connectivity index (χ1) is 12.1. The van der Waals surface area contributed by atoms with Crippen molar-refractivity contribution < 1.29 is 28.6 Å². The number of carbonyl (C=O) groups excluding carboxylic acids is 3. The average Bonchev–Trinajstić information content (AvgIpc) is 3.16. The van der Waals surface area contributed by atoms with Gasteiger partial charge in [-0.2, -0.15) is 0 Å². The lowest BCUT2D eigenvalue weighted by molar-refractivity contribution is -0.174. The molecule has 3 fully saturated rings. The van der Waals surface area contributed by atoms with E-state index >= 15 is 0 Å². The van der Waals surface area contributed by atoms with Gasteiger partial charge in [0, 0.05) is 11.8 Å². The van der Waals surface area contributed by atoms with Crippen molar-refractivity contribution in [2.45, 2.75) is 66.1 Å². The van der Waals surface area contributed by atoms with Crippen LogP contribution in [0.5, 0.6) is 0 Å². The van der Waals surface area contributed by atoms with Gasteiger partial charge in [-0.3, -0.25) is 9.59 Å². The summed E-state index contributed by atoms with van der Waals surface area (Å²) in [7, 11) is 0. The lowest BCUT2D eigenvalue weighted by atomic mass is 9.73. The van der Waals surface area contributed by atoms with Crippen LogP contribution in [0.15, 0.2) is 0 Å². The molecule has 0 aromatic carbocycles. The van der Waals surface area contributed by atoms with Gasteiger partial charge in [0.25, 0.3) is 0 Å². The zero-order valence-electron chi connectivity index (χ0n) is 16.3. The Morgan fingerprint density at radius 3 is 2.54 bits per heavy atom. The second-order valence-corrected chi connectivity index (χ2v) is 9.10. The van der Waals surface area contributed by atoms with Gasteiger partial charge in [-0.05, 0) is 38.0 Å². The van der Waals surface area contributed by atoms with Crippen molar-refractivity contribution in [3.8, 4) is 0 Å². The van der Waals surface area contributed by atoms with E-state index in [9.17, 15) is 14.4 Å². The van der Waals surface area contributed by atoms with Gasteiger partial charge in [-0.25, -0.2) is 4.79 Å². The van der Waals surface area contributed by atoms with Crippen LogP contribution in [0.25, 0.3) is 0 Å². The molecule has 1 heterocycles. The van der Waals surface area contributed by atoms with E-state index in [2.05, 4.69) is 13.8 Å². The minimum atomic E-state index is -0.630. The molecule has 3 aliphatic rings. The first kappa shape index (κ1) is 19.2. The lowest BCUT2D eigenvalue weighted by Crippen LogP contribution is -2.39. The van der Waals surface area contributed by atoms with E-state index in [0.717, 1.165) is 12.8 Å². The molecule has 146 valence electrons. The molecular formula is C20H30O6. The quantitative estimate of drug-likeness (QED) is 0.509. The highest BCUT2D eigenvalue weighted by Gasteiger charge is 2.63. The van der Waals surface area contributed by atoms with Crippen LogP contribution >= 0.6 is 0 Å². The van der Waals surface area contributed by atoms with Crippen molar-refractivity contribution in [2.75, 3.05) is 6.61 Å². The van der Waals surface area contributed by atoms with Crippen molar-refractivity contribution >= 4 is 17.9 Å². The predicted octanol–water partition coefficient (Wildman–Crippen LogP) is 2.73. The minimum absolute atomic E-state index is 0.0134. The Morgan fingerprint density at radius 2 is 1.92 bits per heavy atom. The highest BCUT2D eigenvalue weighted by molar-refractivity contribution is 5.81. The first-order valence-electron chi connectivity index (χ1n) is 9.70. The minimum Gasteiger partial charge on any atom is -0.458 e. The molecule has 0 radical (unpaired) electrons. The van der Waals surface area contributed by atoms with E-state index in [-0.39, 0.29) is 47.8 Å². The molecule has 6 atom stereocenters. The van der Waals surface area contributed by atoms with E-state index < -0.39 is 18.0 Å². The van der Waals surface area contributed by atoms with Crippen LogP contribution in [-0.4, -0.2) is 36.7 Å². The number of fused-ring (bicyclic) bond motifs is 1. The van der Waals surface area contributed by atoms with Crippen molar-refractivity contribution in [2.24, 2.45) is 35.0 Å². The Kier molecular flexibility index (Phi) is 5.06. The molecule has 6 heteroatoms. The van der Waals surface area contributed by atoms with Crippen LogP contribution in [0.3, 0.4) is 0 Å². The second kappa shape index (κ2) is 6.86. The number of hydrogen-bond acceptors (Lipinski definition) is 6. The van der Waals surface area contributed by atoms with Crippen LogP contribution in [0.2, 0.25) is 0 Å². The molecule has 6 nitrogen and oxygen atoms in total. The average molecular weight is 366 g/mol. The summed E-state index contributed by atoms with van der Waals surface area (Å²) in [6.45, 7) is 9.60. The molecule has 0 aromatic heterocycles. The molecule has 6 unspecified atom stereocenters. The van der Waals surface area contributed by atoms with Crippen LogP contribution in [0.1, 0.15) is 53.9 Å². The third-order valence-electron chi connectivity index (χ3n) is 6.58. The van der Waals surface area contributed by atoms with Gasteiger partial charge < -0.3 is 14.2 Å². The molecule has 2 bridgehead atoms. The summed E-state index contributed by atoms with van der Waals surface area (Å²) in [5, 5.41) is 0. The van der Waals surface area contributed by atoms with Crippen LogP contribution < -0.4 is 0 Å². The van der Waals surface area contributed by atoms with E-state index in [0.29, 0.717) is 12.3 Å². The Hall–Kier alpha value is -1.59.